The van der Waals surface area contributed by atoms with E-state index in [0.29, 0.717) is 18.2 Å². The van der Waals surface area contributed by atoms with E-state index in [0.717, 1.165) is 55.4 Å². The van der Waals surface area contributed by atoms with Crippen LogP contribution in [-0.2, 0) is 0 Å². The number of benzene rings is 3. The van der Waals surface area contributed by atoms with Crippen molar-refractivity contribution in [3.05, 3.63) is 102 Å². The molecule has 7 heteroatoms. The highest BCUT2D eigenvalue weighted by molar-refractivity contribution is 5.93. The molecule has 0 atom stereocenters. The van der Waals surface area contributed by atoms with E-state index in [-0.39, 0.29) is 11.7 Å². The van der Waals surface area contributed by atoms with Crippen molar-refractivity contribution < 1.29 is 9.18 Å². The summed E-state index contributed by atoms with van der Waals surface area (Å²) in [5.41, 5.74) is 5.77. The first-order valence-corrected chi connectivity index (χ1v) is 14.9. The Morgan fingerprint density at radius 3 is 2.24 bits per heavy atom. The Morgan fingerprint density at radius 1 is 0.829 bits per heavy atom. The number of hydrogen-bond donors (Lipinski definition) is 1. The Bertz CT molecular complexity index is 1420. The van der Waals surface area contributed by atoms with Gasteiger partial charge in [0, 0.05) is 50.5 Å². The van der Waals surface area contributed by atoms with Crippen LogP contribution in [0.4, 0.5) is 10.1 Å². The predicted molar refractivity (Wildman–Crippen MR) is 162 cm³/mol. The molecule has 1 N–H and O–H groups in total. The lowest BCUT2D eigenvalue weighted by atomic mass is 9.84. The van der Waals surface area contributed by atoms with Gasteiger partial charge in [-0.3, -0.25) is 9.69 Å². The molecule has 2 fully saturated rings. The lowest BCUT2D eigenvalue weighted by molar-refractivity contribution is 0.0942. The van der Waals surface area contributed by atoms with E-state index in [1.54, 1.807) is 0 Å². The molecule has 1 aliphatic carbocycles. The fourth-order valence-corrected chi connectivity index (χ4v) is 6.13. The van der Waals surface area contributed by atoms with Gasteiger partial charge in [0.25, 0.3) is 5.91 Å². The van der Waals surface area contributed by atoms with Crippen molar-refractivity contribution in [2.45, 2.75) is 38.0 Å². The zero-order valence-electron chi connectivity index (χ0n) is 23.5. The fraction of sp³-hybridized carbons (Fsp3) is 0.353. The number of carbonyl (C=O) groups excluding carboxylic acids is 1. The molecule has 1 aliphatic heterocycles. The van der Waals surface area contributed by atoms with Crippen molar-refractivity contribution in [1.29, 1.82) is 0 Å². The number of aromatic nitrogens is 2. The minimum atomic E-state index is -0.212. The average molecular weight is 552 g/mol. The number of nitrogens with zero attached hydrogens (tertiary/aromatic N) is 4. The van der Waals surface area contributed by atoms with Crippen LogP contribution in [0.1, 0.15) is 54.1 Å². The van der Waals surface area contributed by atoms with E-state index in [9.17, 15) is 9.18 Å². The minimum absolute atomic E-state index is 0.162. The molecule has 2 heterocycles. The van der Waals surface area contributed by atoms with Crippen molar-refractivity contribution in [2.24, 2.45) is 0 Å². The molecule has 0 radical (unpaired) electrons. The molecule has 0 bridgehead atoms. The lowest BCUT2D eigenvalue weighted by Gasteiger charge is -2.36. The number of anilines is 1. The first kappa shape index (κ1) is 27.2. The summed E-state index contributed by atoms with van der Waals surface area (Å²) in [7, 11) is 0. The van der Waals surface area contributed by atoms with Gasteiger partial charge in [-0.25, -0.2) is 9.07 Å². The summed E-state index contributed by atoms with van der Waals surface area (Å²) in [6.07, 6.45) is 6.53. The van der Waals surface area contributed by atoms with Crippen LogP contribution in [0.25, 0.3) is 16.9 Å². The molecule has 41 heavy (non-hydrogen) atoms. The summed E-state index contributed by atoms with van der Waals surface area (Å²) < 4.78 is 15.1. The maximum absolute atomic E-state index is 13.3. The van der Waals surface area contributed by atoms with Crippen LogP contribution in [0.2, 0.25) is 0 Å². The van der Waals surface area contributed by atoms with Gasteiger partial charge in [0.15, 0.2) is 5.69 Å². The van der Waals surface area contributed by atoms with E-state index >= 15 is 0 Å². The van der Waals surface area contributed by atoms with Crippen molar-refractivity contribution in [3.8, 4) is 16.9 Å². The molecule has 6 nitrogen and oxygen atoms in total. The van der Waals surface area contributed by atoms with Crippen LogP contribution in [0.15, 0.2) is 84.9 Å². The second kappa shape index (κ2) is 12.7. The van der Waals surface area contributed by atoms with E-state index in [2.05, 4.69) is 39.4 Å². The maximum Gasteiger partial charge on any atom is 0.271 e. The third-order valence-corrected chi connectivity index (χ3v) is 8.50. The van der Waals surface area contributed by atoms with Gasteiger partial charge in [0.05, 0.1) is 11.4 Å². The number of carbonyl (C=O) groups is 1. The Kier molecular flexibility index (Phi) is 8.42. The summed E-state index contributed by atoms with van der Waals surface area (Å²) in [6, 6.07) is 27.4. The molecular formula is C34H38FN5O. The molecule has 1 aromatic heterocycles. The highest BCUT2D eigenvalue weighted by atomic mass is 19.1. The van der Waals surface area contributed by atoms with Gasteiger partial charge in [-0.05, 0) is 66.8 Å². The Morgan fingerprint density at radius 2 is 1.54 bits per heavy atom. The second-order valence-corrected chi connectivity index (χ2v) is 11.2. The molecule has 6 rings (SSSR count). The number of hydrogen-bond acceptors (Lipinski definition) is 4. The number of amides is 1. The van der Waals surface area contributed by atoms with Gasteiger partial charge >= 0.3 is 0 Å². The summed E-state index contributed by atoms with van der Waals surface area (Å²) in [4.78, 5) is 17.8. The molecule has 1 amide bonds. The lowest BCUT2D eigenvalue weighted by Crippen LogP contribution is -2.48. The number of piperazine rings is 1. The molecule has 0 unspecified atom stereocenters. The van der Waals surface area contributed by atoms with Gasteiger partial charge in [0.2, 0.25) is 0 Å². The Balaban J connectivity index is 1.09. The first-order chi connectivity index (χ1) is 20.1. The molecular weight excluding hydrogens is 513 g/mol. The van der Waals surface area contributed by atoms with Gasteiger partial charge in [-0.15, -0.1) is 0 Å². The summed E-state index contributed by atoms with van der Waals surface area (Å²) in [5, 5.41) is 7.82. The molecule has 4 aromatic rings. The van der Waals surface area contributed by atoms with E-state index in [1.165, 1.54) is 49.8 Å². The van der Waals surface area contributed by atoms with Crippen LogP contribution in [0, 0.1) is 5.82 Å². The standard InChI is InChI=1S/C34H38FN5O/c35-29-15-17-30(18-16-29)39-23-21-38(22-24-39)20-19-36-34(41)32-25-33(40(37-32)31-9-5-2-6-10-31)28-13-11-27(12-14-28)26-7-3-1-4-8-26/h2,5-6,9-18,25-26H,1,3-4,7-8,19-24H2,(H,36,41). The monoisotopic (exact) mass is 551 g/mol. The normalized spacial score (nSPS) is 16.6. The van der Waals surface area contributed by atoms with Crippen LogP contribution in [0.5, 0.6) is 0 Å². The molecule has 1 saturated heterocycles. The van der Waals surface area contributed by atoms with Gasteiger partial charge in [-0.2, -0.15) is 5.10 Å². The van der Waals surface area contributed by atoms with Crippen LogP contribution >= 0.6 is 0 Å². The molecule has 3 aromatic carbocycles. The summed E-state index contributed by atoms with van der Waals surface area (Å²) in [5.74, 6) is 0.283. The molecule has 0 spiro atoms. The maximum atomic E-state index is 13.3. The fourth-order valence-electron chi connectivity index (χ4n) is 6.13. The zero-order valence-corrected chi connectivity index (χ0v) is 23.5. The number of nitrogens with one attached hydrogen (secondary N) is 1. The highest BCUT2D eigenvalue weighted by Crippen LogP contribution is 2.34. The minimum Gasteiger partial charge on any atom is -0.369 e. The smallest absolute Gasteiger partial charge is 0.271 e. The zero-order chi connectivity index (χ0) is 28.0. The SMILES string of the molecule is O=C(NCCN1CCN(c2ccc(F)cc2)CC1)c1cc(-c2ccc(C3CCCCC3)cc2)n(-c2ccccc2)n1. The van der Waals surface area contributed by atoms with Crippen LogP contribution < -0.4 is 10.2 Å². The van der Waals surface area contributed by atoms with E-state index < -0.39 is 0 Å². The molecule has 2 aliphatic rings. The average Bonchev–Trinajstić information content (AvgIpc) is 3.49. The quantitative estimate of drug-likeness (QED) is 0.280. The van der Waals surface area contributed by atoms with E-state index in [1.807, 2.05) is 53.2 Å². The van der Waals surface area contributed by atoms with Crippen molar-refractivity contribution in [1.82, 2.24) is 20.0 Å². The number of para-hydroxylation sites is 1. The molecule has 1 saturated carbocycles. The summed E-state index contributed by atoms with van der Waals surface area (Å²) in [6.45, 7) is 4.89. The van der Waals surface area contributed by atoms with E-state index in [4.69, 9.17) is 5.10 Å². The van der Waals surface area contributed by atoms with Gasteiger partial charge < -0.3 is 10.2 Å². The topological polar surface area (TPSA) is 53.4 Å². The van der Waals surface area contributed by atoms with Crippen molar-refractivity contribution in [3.63, 3.8) is 0 Å². The Labute approximate surface area is 241 Å². The van der Waals surface area contributed by atoms with Crippen LogP contribution in [-0.4, -0.2) is 59.9 Å². The largest absolute Gasteiger partial charge is 0.369 e. The van der Waals surface area contributed by atoms with Crippen LogP contribution in [0.3, 0.4) is 0 Å². The van der Waals surface area contributed by atoms with Gasteiger partial charge in [0.1, 0.15) is 5.82 Å². The molecule has 212 valence electrons. The highest BCUT2D eigenvalue weighted by Gasteiger charge is 2.20. The third kappa shape index (κ3) is 6.51. The Hall–Kier alpha value is -3.97. The van der Waals surface area contributed by atoms with Crippen molar-refractivity contribution >= 4 is 11.6 Å². The first-order valence-electron chi connectivity index (χ1n) is 14.9. The second-order valence-electron chi connectivity index (χ2n) is 11.2. The third-order valence-electron chi connectivity index (χ3n) is 8.50. The summed E-state index contributed by atoms with van der Waals surface area (Å²) >= 11 is 0. The van der Waals surface area contributed by atoms with Gasteiger partial charge in [-0.1, -0.05) is 61.7 Å². The number of rotatable bonds is 8. The van der Waals surface area contributed by atoms with Crippen molar-refractivity contribution in [2.75, 3.05) is 44.2 Å². The predicted octanol–water partition coefficient (Wildman–Crippen LogP) is 6.28. The number of halogens is 1.